The molecule has 7 rings (SSSR count). The quantitative estimate of drug-likeness (QED) is 0.313. The lowest BCUT2D eigenvalue weighted by molar-refractivity contribution is -0.121. The number of carbonyl (C=O) groups is 3. The molecule has 186 valence electrons. The van der Waals surface area contributed by atoms with Gasteiger partial charge in [-0.15, -0.1) is 11.3 Å². The Kier molecular flexibility index (Phi) is 5.18. The van der Waals surface area contributed by atoms with E-state index in [-0.39, 0.29) is 17.5 Å². The van der Waals surface area contributed by atoms with E-state index < -0.39 is 23.4 Å². The molecular formula is C31H21ClN2O3S. The summed E-state index contributed by atoms with van der Waals surface area (Å²) < 4.78 is 0. The number of benzene rings is 3. The first kappa shape index (κ1) is 23.1. The Balaban J connectivity index is 1.56. The van der Waals surface area contributed by atoms with E-state index in [1.165, 1.54) is 11.3 Å². The van der Waals surface area contributed by atoms with E-state index in [2.05, 4.69) is 5.32 Å². The second-order valence-corrected chi connectivity index (χ2v) is 11.1. The summed E-state index contributed by atoms with van der Waals surface area (Å²) >= 11 is 7.89. The highest BCUT2D eigenvalue weighted by Crippen LogP contribution is 2.58. The van der Waals surface area contributed by atoms with Crippen molar-refractivity contribution in [1.29, 1.82) is 0 Å². The molecule has 0 saturated carbocycles. The minimum absolute atomic E-state index is 0.186. The van der Waals surface area contributed by atoms with Crippen LogP contribution in [0.1, 0.15) is 31.2 Å². The number of Topliss-reactive ketones (excluding diaryl/α,β-unsaturated/α-hetero) is 2. The lowest BCUT2D eigenvalue weighted by Crippen LogP contribution is -2.51. The number of amides is 1. The molecule has 1 N–H and O–H groups in total. The van der Waals surface area contributed by atoms with Crippen molar-refractivity contribution in [1.82, 2.24) is 0 Å². The molecule has 7 heteroatoms. The van der Waals surface area contributed by atoms with Crippen molar-refractivity contribution in [2.45, 2.75) is 17.5 Å². The fourth-order valence-corrected chi connectivity index (χ4v) is 7.44. The second-order valence-electron chi connectivity index (χ2n) is 9.75. The van der Waals surface area contributed by atoms with E-state index >= 15 is 0 Å². The topological polar surface area (TPSA) is 66.5 Å². The predicted molar refractivity (Wildman–Crippen MR) is 150 cm³/mol. The van der Waals surface area contributed by atoms with Gasteiger partial charge in [0.15, 0.2) is 11.6 Å². The van der Waals surface area contributed by atoms with Gasteiger partial charge in [-0.25, -0.2) is 0 Å². The minimum Gasteiger partial charge on any atom is -0.352 e. The van der Waals surface area contributed by atoms with Crippen molar-refractivity contribution in [2.75, 3.05) is 10.2 Å². The molecule has 1 saturated heterocycles. The number of hydrogen-bond acceptors (Lipinski definition) is 5. The van der Waals surface area contributed by atoms with E-state index in [9.17, 15) is 14.4 Å². The zero-order valence-electron chi connectivity index (χ0n) is 20.0. The summed E-state index contributed by atoms with van der Waals surface area (Å²) in [5.74, 6) is -1.82. The Bertz CT molecular complexity index is 1660. The highest BCUT2D eigenvalue weighted by Gasteiger charge is 2.70. The van der Waals surface area contributed by atoms with Gasteiger partial charge in [0.1, 0.15) is 11.5 Å². The van der Waals surface area contributed by atoms with Crippen molar-refractivity contribution in [2.24, 2.45) is 5.92 Å². The first-order valence-electron chi connectivity index (χ1n) is 12.4. The van der Waals surface area contributed by atoms with Crippen LogP contribution in [0.15, 0.2) is 96.4 Å². The van der Waals surface area contributed by atoms with Gasteiger partial charge in [0, 0.05) is 16.9 Å². The van der Waals surface area contributed by atoms with Crippen LogP contribution in [0.25, 0.3) is 6.08 Å². The van der Waals surface area contributed by atoms with E-state index in [0.29, 0.717) is 21.2 Å². The maximum atomic E-state index is 14.7. The maximum absolute atomic E-state index is 14.7. The van der Waals surface area contributed by atoms with E-state index in [1.807, 2.05) is 77.0 Å². The number of para-hydroxylation sites is 2. The van der Waals surface area contributed by atoms with Crippen LogP contribution in [0, 0.1) is 5.92 Å². The standard InChI is InChI=1S/C31H21ClN2O3S/c32-21-11-4-2-9-19(21)28(35)26-27(29(36)24-14-7-17-38-24)34-23-13-6-1-8-18(23)15-16-25(34)31(26)20-10-3-5-12-22(20)33-30(31)37/h1-17,25-27H,(H,33,37)/t25-,26-,27+,31-/m1/s1. The molecule has 0 bridgehead atoms. The van der Waals surface area contributed by atoms with Crippen molar-refractivity contribution in [3.05, 3.63) is 123 Å². The number of ketones is 2. The molecule has 3 aliphatic heterocycles. The van der Waals surface area contributed by atoms with Crippen LogP contribution >= 0.6 is 22.9 Å². The molecule has 1 spiro atoms. The Morgan fingerprint density at radius 2 is 1.66 bits per heavy atom. The van der Waals surface area contributed by atoms with Crippen LogP contribution in [0.3, 0.4) is 0 Å². The van der Waals surface area contributed by atoms with Crippen molar-refractivity contribution in [3.63, 3.8) is 0 Å². The number of fused-ring (bicyclic) bond motifs is 6. The lowest BCUT2D eigenvalue weighted by Gasteiger charge is -2.37. The molecule has 3 aliphatic rings. The van der Waals surface area contributed by atoms with Crippen LogP contribution in [0.2, 0.25) is 5.02 Å². The van der Waals surface area contributed by atoms with Gasteiger partial charge in [0.25, 0.3) is 0 Å². The summed E-state index contributed by atoms with van der Waals surface area (Å²) in [5, 5.41) is 5.18. The summed E-state index contributed by atoms with van der Waals surface area (Å²) in [4.78, 5) is 45.8. The van der Waals surface area contributed by atoms with E-state index in [4.69, 9.17) is 11.6 Å². The fourth-order valence-electron chi connectivity index (χ4n) is 6.51. The van der Waals surface area contributed by atoms with Crippen LogP contribution in [0.4, 0.5) is 11.4 Å². The monoisotopic (exact) mass is 536 g/mol. The average Bonchev–Trinajstić information content (AvgIpc) is 3.65. The largest absolute Gasteiger partial charge is 0.352 e. The van der Waals surface area contributed by atoms with Gasteiger partial charge in [-0.1, -0.05) is 78.4 Å². The minimum atomic E-state index is -1.34. The summed E-state index contributed by atoms with van der Waals surface area (Å²) in [6.07, 6.45) is 3.96. The zero-order chi connectivity index (χ0) is 26.0. The zero-order valence-corrected chi connectivity index (χ0v) is 21.6. The molecule has 3 aromatic carbocycles. The SMILES string of the molecule is O=C(c1cccs1)[C@@H]1[C@H](C(=O)c2ccccc2Cl)[C@]2(C(=O)Nc3ccccc32)[C@H]2C=Cc3ccccc3N12. The number of carbonyl (C=O) groups excluding carboxylic acids is 3. The molecule has 4 atom stereocenters. The van der Waals surface area contributed by atoms with E-state index in [0.717, 1.165) is 16.8 Å². The summed E-state index contributed by atoms with van der Waals surface area (Å²) in [5.41, 5.74) is 2.09. The summed E-state index contributed by atoms with van der Waals surface area (Å²) in [7, 11) is 0. The smallest absolute Gasteiger partial charge is 0.238 e. The van der Waals surface area contributed by atoms with Crippen LogP contribution in [-0.2, 0) is 10.2 Å². The Morgan fingerprint density at radius 3 is 2.47 bits per heavy atom. The third-order valence-electron chi connectivity index (χ3n) is 8.00. The fraction of sp³-hybridized carbons (Fsp3) is 0.129. The van der Waals surface area contributed by atoms with Crippen molar-refractivity contribution < 1.29 is 14.4 Å². The van der Waals surface area contributed by atoms with Crippen LogP contribution in [-0.4, -0.2) is 29.6 Å². The highest BCUT2D eigenvalue weighted by atomic mass is 35.5. The maximum Gasteiger partial charge on any atom is 0.238 e. The third-order valence-corrected chi connectivity index (χ3v) is 9.21. The Labute approximate surface area is 228 Å². The van der Waals surface area contributed by atoms with Gasteiger partial charge in [-0.05, 0) is 46.8 Å². The number of hydrogen-bond donors (Lipinski definition) is 1. The average molecular weight is 537 g/mol. The number of halogens is 1. The van der Waals surface area contributed by atoms with Gasteiger partial charge < -0.3 is 10.2 Å². The molecule has 1 fully saturated rings. The van der Waals surface area contributed by atoms with Crippen LogP contribution < -0.4 is 10.2 Å². The molecule has 1 aromatic heterocycles. The number of thiophene rings is 1. The third kappa shape index (κ3) is 3.01. The van der Waals surface area contributed by atoms with Gasteiger partial charge in [0.2, 0.25) is 5.91 Å². The number of anilines is 2. The normalized spacial score (nSPS) is 24.6. The molecular weight excluding hydrogens is 516 g/mol. The van der Waals surface area contributed by atoms with Gasteiger partial charge in [0.05, 0.1) is 21.9 Å². The predicted octanol–water partition coefficient (Wildman–Crippen LogP) is 6.26. The molecule has 0 aliphatic carbocycles. The Morgan fingerprint density at radius 1 is 0.895 bits per heavy atom. The highest BCUT2D eigenvalue weighted by molar-refractivity contribution is 7.12. The molecule has 5 nitrogen and oxygen atoms in total. The first-order valence-corrected chi connectivity index (χ1v) is 13.6. The van der Waals surface area contributed by atoms with Gasteiger partial charge in [-0.3, -0.25) is 14.4 Å². The molecule has 38 heavy (non-hydrogen) atoms. The van der Waals surface area contributed by atoms with Gasteiger partial charge >= 0.3 is 0 Å². The van der Waals surface area contributed by atoms with Gasteiger partial charge in [-0.2, -0.15) is 0 Å². The van der Waals surface area contributed by atoms with Crippen LogP contribution in [0.5, 0.6) is 0 Å². The Hall–Kier alpha value is -4.00. The van der Waals surface area contributed by atoms with Crippen molar-refractivity contribution in [3.8, 4) is 0 Å². The molecule has 1 amide bonds. The lowest BCUT2D eigenvalue weighted by atomic mass is 9.64. The van der Waals surface area contributed by atoms with E-state index in [1.54, 1.807) is 30.3 Å². The molecule has 0 unspecified atom stereocenters. The van der Waals surface area contributed by atoms with Crippen molar-refractivity contribution >= 4 is 57.9 Å². The second kappa shape index (κ2) is 8.51. The first-order chi connectivity index (χ1) is 18.5. The molecule has 0 radical (unpaired) electrons. The number of nitrogens with one attached hydrogen (secondary N) is 1. The molecule has 4 heterocycles. The number of rotatable bonds is 4. The number of nitrogens with zero attached hydrogens (tertiary/aromatic N) is 1. The summed E-state index contributed by atoms with van der Waals surface area (Å²) in [6, 6.07) is 24.2. The molecule has 4 aromatic rings. The summed E-state index contributed by atoms with van der Waals surface area (Å²) in [6.45, 7) is 0.